The van der Waals surface area contributed by atoms with Gasteiger partial charge in [-0.15, -0.1) is 0 Å². The molecule has 0 spiro atoms. The summed E-state index contributed by atoms with van der Waals surface area (Å²) < 4.78 is 1.15. The van der Waals surface area contributed by atoms with Gasteiger partial charge in [-0.1, -0.05) is 84.0 Å². The van der Waals surface area contributed by atoms with Crippen LogP contribution in [0.25, 0.3) is 0 Å². The molecule has 0 saturated heterocycles. The Balaban J connectivity index is 1.74. The molecule has 0 radical (unpaired) electrons. The van der Waals surface area contributed by atoms with E-state index >= 15 is 0 Å². The Morgan fingerprint density at radius 3 is 1.67 bits per heavy atom. The number of aryl methyl sites for hydroxylation is 1. The van der Waals surface area contributed by atoms with E-state index in [1.807, 2.05) is 6.07 Å². The molecule has 0 aliphatic rings. The van der Waals surface area contributed by atoms with Gasteiger partial charge in [0.2, 0.25) is 0 Å². The topological polar surface area (TPSA) is 25.2 Å². The van der Waals surface area contributed by atoms with Crippen LogP contribution >= 0.6 is 0 Å². The Kier molecular flexibility index (Phi) is 11.0. The lowest BCUT2D eigenvalue weighted by Crippen LogP contribution is -1.86. The molecule has 0 aliphatic carbocycles. The Labute approximate surface area is 131 Å². The molecule has 0 bridgehead atoms. The summed E-state index contributed by atoms with van der Waals surface area (Å²) in [6.07, 6.45) is 22.8. The summed E-state index contributed by atoms with van der Waals surface area (Å²) in [6, 6.07) is 2.00. The number of nitrogens with zero attached hydrogens (tertiary/aromatic N) is 1. The van der Waals surface area contributed by atoms with Crippen molar-refractivity contribution in [2.24, 2.45) is 0 Å². The third-order valence-corrected chi connectivity index (χ3v) is 4.31. The minimum Gasteiger partial charge on any atom is -0.429 e. The predicted molar refractivity (Wildman–Crippen MR) is 91.0 cm³/mol. The molecule has 2 heteroatoms. The number of aromatic nitrogens is 1. The zero-order valence-electron chi connectivity index (χ0n) is 14.0. The molecule has 1 aromatic heterocycles. The van der Waals surface area contributed by atoms with E-state index in [1.165, 1.54) is 89.0 Å². The number of hydrogen-bond acceptors (Lipinski definition) is 1. The van der Waals surface area contributed by atoms with E-state index in [9.17, 15) is 5.21 Å². The maximum absolute atomic E-state index is 9.17. The zero-order chi connectivity index (χ0) is 15.2. The highest BCUT2D eigenvalue weighted by molar-refractivity contribution is 5.08. The predicted octanol–water partition coefficient (Wildman–Crippen LogP) is 6.36. The van der Waals surface area contributed by atoms with Crippen molar-refractivity contribution in [3.8, 4) is 0 Å². The summed E-state index contributed by atoms with van der Waals surface area (Å²) in [5.74, 6) is 0. The van der Waals surface area contributed by atoms with Gasteiger partial charge >= 0.3 is 0 Å². The molecule has 1 heterocycles. The van der Waals surface area contributed by atoms with E-state index in [0.29, 0.717) is 0 Å². The van der Waals surface area contributed by atoms with E-state index in [-0.39, 0.29) is 0 Å². The lowest BCUT2D eigenvalue weighted by atomic mass is 10.0. The van der Waals surface area contributed by atoms with Crippen LogP contribution in [-0.4, -0.2) is 9.94 Å². The molecule has 1 rings (SSSR count). The fourth-order valence-corrected chi connectivity index (χ4v) is 2.92. The summed E-state index contributed by atoms with van der Waals surface area (Å²) in [6.45, 7) is 2.28. The lowest BCUT2D eigenvalue weighted by Gasteiger charge is -2.03. The second-order valence-electron chi connectivity index (χ2n) is 6.39. The van der Waals surface area contributed by atoms with Crippen molar-refractivity contribution >= 4 is 0 Å². The maximum atomic E-state index is 9.17. The van der Waals surface area contributed by atoms with Gasteiger partial charge in [-0.2, -0.15) is 0 Å². The van der Waals surface area contributed by atoms with Crippen molar-refractivity contribution < 1.29 is 5.21 Å². The Hall–Kier alpha value is -0.920. The highest BCUT2D eigenvalue weighted by atomic mass is 16.5. The van der Waals surface area contributed by atoms with Crippen LogP contribution in [0.5, 0.6) is 0 Å². The summed E-state index contributed by atoms with van der Waals surface area (Å²) in [5.41, 5.74) is 1.25. The van der Waals surface area contributed by atoms with E-state index in [2.05, 4.69) is 6.92 Å². The van der Waals surface area contributed by atoms with Gasteiger partial charge in [-0.3, -0.25) is 0 Å². The van der Waals surface area contributed by atoms with Gasteiger partial charge in [0.1, 0.15) is 0 Å². The number of unbranched alkanes of at least 4 members (excludes halogenated alkanes) is 12. The smallest absolute Gasteiger partial charge is 0.0464 e. The van der Waals surface area contributed by atoms with Crippen LogP contribution in [0.1, 0.15) is 96.0 Å². The van der Waals surface area contributed by atoms with Gasteiger partial charge in [0.25, 0.3) is 0 Å². The fraction of sp³-hybridized carbons (Fsp3) is 0.789. The molecule has 0 fully saturated rings. The molecular weight excluding hydrogens is 258 g/mol. The van der Waals surface area contributed by atoms with E-state index in [0.717, 1.165) is 11.2 Å². The van der Waals surface area contributed by atoms with Crippen LogP contribution in [0.15, 0.2) is 18.5 Å². The third-order valence-electron chi connectivity index (χ3n) is 4.31. The Morgan fingerprint density at radius 1 is 0.762 bits per heavy atom. The normalized spacial score (nSPS) is 11.1. The lowest BCUT2D eigenvalue weighted by molar-refractivity contribution is 0.187. The monoisotopic (exact) mass is 293 g/mol. The molecule has 0 aliphatic heterocycles. The molecule has 122 valence electrons. The molecule has 1 N–H and O–H groups in total. The molecular formula is C19H35NO. The van der Waals surface area contributed by atoms with Gasteiger partial charge < -0.3 is 5.21 Å². The molecule has 2 nitrogen and oxygen atoms in total. The third kappa shape index (κ3) is 10.4. The van der Waals surface area contributed by atoms with Crippen molar-refractivity contribution in [2.45, 2.75) is 96.8 Å². The first-order valence-corrected chi connectivity index (χ1v) is 9.19. The number of hydrogen-bond donors (Lipinski definition) is 1. The highest BCUT2D eigenvalue weighted by Gasteiger charge is 1.97. The molecule has 0 amide bonds. The minimum absolute atomic E-state index is 1.10. The minimum atomic E-state index is 1.10. The van der Waals surface area contributed by atoms with Crippen LogP contribution in [0.4, 0.5) is 0 Å². The van der Waals surface area contributed by atoms with Crippen molar-refractivity contribution in [1.29, 1.82) is 0 Å². The van der Waals surface area contributed by atoms with Crippen molar-refractivity contribution in [1.82, 2.24) is 4.73 Å². The van der Waals surface area contributed by atoms with Crippen LogP contribution in [-0.2, 0) is 6.42 Å². The quantitative estimate of drug-likeness (QED) is 0.313. The van der Waals surface area contributed by atoms with Crippen LogP contribution in [0.2, 0.25) is 0 Å². The summed E-state index contributed by atoms with van der Waals surface area (Å²) in [4.78, 5) is 0. The standard InChI is InChI=1S/C19H35NO/c1-2-3-4-5-6-7-8-9-10-11-12-13-14-15-19-16-17-20(21)18-19/h16-18,21H,2-15H2,1H3. The largest absolute Gasteiger partial charge is 0.429 e. The SMILES string of the molecule is CCCCCCCCCCCCCCCc1ccn(O)c1. The first-order valence-electron chi connectivity index (χ1n) is 9.19. The van der Waals surface area contributed by atoms with Gasteiger partial charge in [0.15, 0.2) is 0 Å². The van der Waals surface area contributed by atoms with Crippen LogP contribution < -0.4 is 0 Å². The van der Waals surface area contributed by atoms with E-state index < -0.39 is 0 Å². The highest BCUT2D eigenvalue weighted by Crippen LogP contribution is 2.13. The fourth-order valence-electron chi connectivity index (χ4n) is 2.92. The van der Waals surface area contributed by atoms with Crippen molar-refractivity contribution in [3.05, 3.63) is 24.0 Å². The second-order valence-corrected chi connectivity index (χ2v) is 6.39. The molecule has 0 unspecified atom stereocenters. The first-order chi connectivity index (χ1) is 10.3. The van der Waals surface area contributed by atoms with E-state index in [4.69, 9.17) is 0 Å². The zero-order valence-corrected chi connectivity index (χ0v) is 14.0. The van der Waals surface area contributed by atoms with Gasteiger partial charge in [0, 0.05) is 12.4 Å². The molecule has 1 aromatic rings. The van der Waals surface area contributed by atoms with E-state index in [1.54, 1.807) is 12.4 Å². The Morgan fingerprint density at radius 2 is 1.24 bits per heavy atom. The van der Waals surface area contributed by atoms with Crippen molar-refractivity contribution in [3.63, 3.8) is 0 Å². The van der Waals surface area contributed by atoms with Crippen LogP contribution in [0.3, 0.4) is 0 Å². The average molecular weight is 293 g/mol. The van der Waals surface area contributed by atoms with Gasteiger partial charge in [-0.25, -0.2) is 4.73 Å². The Bertz CT molecular complexity index is 332. The molecule has 0 atom stereocenters. The molecule has 21 heavy (non-hydrogen) atoms. The number of rotatable bonds is 14. The van der Waals surface area contributed by atoms with Crippen molar-refractivity contribution in [2.75, 3.05) is 0 Å². The first kappa shape index (κ1) is 18.1. The maximum Gasteiger partial charge on any atom is 0.0464 e. The van der Waals surface area contributed by atoms with Gasteiger partial charge in [-0.05, 0) is 24.5 Å². The summed E-state index contributed by atoms with van der Waals surface area (Å²) in [7, 11) is 0. The second kappa shape index (κ2) is 12.8. The van der Waals surface area contributed by atoms with Crippen LogP contribution in [0, 0.1) is 0 Å². The summed E-state index contributed by atoms with van der Waals surface area (Å²) >= 11 is 0. The van der Waals surface area contributed by atoms with Gasteiger partial charge in [0.05, 0.1) is 0 Å². The average Bonchev–Trinajstić information content (AvgIpc) is 2.89. The molecule has 0 aromatic carbocycles. The molecule has 0 saturated carbocycles. The summed E-state index contributed by atoms with van der Waals surface area (Å²) in [5, 5.41) is 9.17.